The average molecular weight is 372 g/mol. The van der Waals surface area contributed by atoms with Crippen LogP contribution in [0.4, 0.5) is 10.5 Å². The molecular weight excluding hydrogens is 352 g/mol. The predicted octanol–water partition coefficient (Wildman–Crippen LogP) is 4.68. The van der Waals surface area contributed by atoms with Crippen molar-refractivity contribution in [1.82, 2.24) is 5.32 Å². The third-order valence-electron chi connectivity index (χ3n) is 4.08. The molecule has 0 saturated carbocycles. The number of nitrogens with one attached hydrogen (secondary N) is 2. The van der Waals surface area contributed by atoms with Crippen LogP contribution >= 0.6 is 0 Å². The predicted molar refractivity (Wildman–Crippen MR) is 110 cm³/mol. The highest BCUT2D eigenvalue weighted by molar-refractivity contribution is 5.93. The highest BCUT2D eigenvalue weighted by Crippen LogP contribution is 2.22. The Labute approximate surface area is 163 Å². The van der Waals surface area contributed by atoms with E-state index in [1.807, 2.05) is 60.7 Å². The summed E-state index contributed by atoms with van der Waals surface area (Å²) in [4.78, 5) is 23.8. The van der Waals surface area contributed by atoms with Crippen LogP contribution in [-0.4, -0.2) is 19.1 Å². The van der Waals surface area contributed by atoms with Gasteiger partial charge in [0.1, 0.15) is 0 Å². The number of carbonyl (C=O) groups is 2. The number of anilines is 1. The average Bonchev–Trinajstić information content (AvgIpc) is 2.75. The van der Waals surface area contributed by atoms with Crippen LogP contribution in [0.1, 0.15) is 21.5 Å². The molecule has 2 amide bonds. The Kier molecular flexibility index (Phi) is 6.21. The standard InChI is InChI=1S/C23H20N2O3/c1-28-22(26)19-12-14-20(15-13-19)25-23(27)24-16-21(17-8-4-2-5-9-17)18-10-6-3-7-11-18/h2-16H,1H3,(H2,24,25,27). The summed E-state index contributed by atoms with van der Waals surface area (Å²) in [5, 5.41) is 5.51. The molecule has 5 nitrogen and oxygen atoms in total. The second kappa shape index (κ2) is 9.19. The van der Waals surface area contributed by atoms with Crippen molar-refractivity contribution in [3.05, 3.63) is 108 Å². The zero-order valence-corrected chi connectivity index (χ0v) is 15.4. The Bertz CT molecular complexity index is 924. The van der Waals surface area contributed by atoms with E-state index in [1.165, 1.54) is 7.11 Å². The minimum absolute atomic E-state index is 0.379. The molecule has 0 heterocycles. The number of hydrogen-bond donors (Lipinski definition) is 2. The molecule has 0 saturated heterocycles. The van der Waals surface area contributed by atoms with E-state index in [9.17, 15) is 9.59 Å². The molecule has 0 unspecified atom stereocenters. The van der Waals surface area contributed by atoms with Gasteiger partial charge in [-0.3, -0.25) is 0 Å². The van der Waals surface area contributed by atoms with Crippen LogP contribution in [0, 0.1) is 0 Å². The molecule has 0 aliphatic rings. The molecule has 0 fully saturated rings. The summed E-state index contributed by atoms with van der Waals surface area (Å²) < 4.78 is 4.66. The number of amides is 2. The summed E-state index contributed by atoms with van der Waals surface area (Å²) in [6.45, 7) is 0. The number of hydrogen-bond acceptors (Lipinski definition) is 3. The summed E-state index contributed by atoms with van der Waals surface area (Å²) >= 11 is 0. The normalized spacial score (nSPS) is 9.89. The number of benzene rings is 3. The lowest BCUT2D eigenvalue weighted by Crippen LogP contribution is -2.24. The van der Waals surface area contributed by atoms with Crippen molar-refractivity contribution in [1.29, 1.82) is 0 Å². The summed E-state index contributed by atoms with van der Waals surface area (Å²) in [6, 6.07) is 25.8. The van der Waals surface area contributed by atoms with E-state index in [-0.39, 0.29) is 6.03 Å². The molecule has 5 heteroatoms. The van der Waals surface area contributed by atoms with Crippen molar-refractivity contribution in [2.75, 3.05) is 12.4 Å². The first kappa shape index (κ1) is 18.9. The zero-order chi connectivity index (χ0) is 19.8. The number of esters is 1. The Hall–Kier alpha value is -3.86. The summed E-state index contributed by atoms with van der Waals surface area (Å²) in [7, 11) is 1.32. The van der Waals surface area contributed by atoms with Crippen LogP contribution in [0.2, 0.25) is 0 Å². The number of urea groups is 1. The molecule has 2 N–H and O–H groups in total. The van der Waals surface area contributed by atoms with Crippen LogP contribution in [0.3, 0.4) is 0 Å². The molecule has 28 heavy (non-hydrogen) atoms. The fourth-order valence-electron chi connectivity index (χ4n) is 2.68. The quantitative estimate of drug-likeness (QED) is 0.639. The Balaban J connectivity index is 1.74. The lowest BCUT2D eigenvalue weighted by atomic mass is 9.99. The SMILES string of the molecule is COC(=O)c1ccc(NC(=O)NC=C(c2ccccc2)c2ccccc2)cc1. The van der Waals surface area contributed by atoms with E-state index in [1.54, 1.807) is 30.5 Å². The van der Waals surface area contributed by atoms with Gasteiger partial charge < -0.3 is 15.4 Å². The molecule has 0 atom stereocenters. The lowest BCUT2D eigenvalue weighted by Gasteiger charge is -2.10. The second-order valence-corrected chi connectivity index (χ2v) is 5.96. The first-order valence-corrected chi connectivity index (χ1v) is 8.74. The van der Waals surface area contributed by atoms with Crippen molar-refractivity contribution < 1.29 is 14.3 Å². The molecule has 0 aromatic heterocycles. The van der Waals surface area contributed by atoms with Gasteiger partial charge in [0.2, 0.25) is 0 Å². The minimum Gasteiger partial charge on any atom is -0.465 e. The van der Waals surface area contributed by atoms with Crippen LogP contribution < -0.4 is 10.6 Å². The van der Waals surface area contributed by atoms with Crippen molar-refractivity contribution in [3.8, 4) is 0 Å². The molecule has 0 radical (unpaired) electrons. The summed E-state index contributed by atoms with van der Waals surface area (Å²) in [5.74, 6) is -0.422. The van der Waals surface area contributed by atoms with Gasteiger partial charge in [-0.1, -0.05) is 60.7 Å². The van der Waals surface area contributed by atoms with Gasteiger partial charge in [-0.15, -0.1) is 0 Å². The van der Waals surface area contributed by atoms with E-state index < -0.39 is 5.97 Å². The lowest BCUT2D eigenvalue weighted by molar-refractivity contribution is 0.0600. The van der Waals surface area contributed by atoms with Crippen LogP contribution in [-0.2, 0) is 4.74 Å². The molecule has 3 aromatic carbocycles. The highest BCUT2D eigenvalue weighted by Gasteiger charge is 2.07. The van der Waals surface area contributed by atoms with Gasteiger partial charge in [0.25, 0.3) is 0 Å². The van der Waals surface area contributed by atoms with Crippen molar-refractivity contribution in [2.45, 2.75) is 0 Å². The van der Waals surface area contributed by atoms with E-state index in [0.717, 1.165) is 16.7 Å². The van der Waals surface area contributed by atoms with E-state index in [0.29, 0.717) is 11.3 Å². The Morgan fingerprint density at radius 3 is 1.79 bits per heavy atom. The van der Waals surface area contributed by atoms with E-state index >= 15 is 0 Å². The molecule has 0 spiro atoms. The minimum atomic E-state index is -0.422. The van der Waals surface area contributed by atoms with E-state index in [4.69, 9.17) is 0 Å². The molecule has 0 bridgehead atoms. The van der Waals surface area contributed by atoms with Crippen molar-refractivity contribution in [3.63, 3.8) is 0 Å². The summed E-state index contributed by atoms with van der Waals surface area (Å²) in [6.07, 6.45) is 1.68. The number of ether oxygens (including phenoxy) is 1. The van der Waals surface area contributed by atoms with Gasteiger partial charge in [-0.05, 0) is 35.4 Å². The molecule has 140 valence electrons. The van der Waals surface area contributed by atoms with Gasteiger partial charge in [-0.2, -0.15) is 0 Å². The largest absolute Gasteiger partial charge is 0.465 e. The van der Waals surface area contributed by atoms with Gasteiger partial charge in [0, 0.05) is 17.5 Å². The number of methoxy groups -OCH3 is 1. The van der Waals surface area contributed by atoms with Gasteiger partial charge in [0.15, 0.2) is 0 Å². The van der Waals surface area contributed by atoms with Crippen LogP contribution in [0.15, 0.2) is 91.1 Å². The number of rotatable bonds is 5. The van der Waals surface area contributed by atoms with Crippen molar-refractivity contribution in [2.24, 2.45) is 0 Å². The molecule has 0 aliphatic heterocycles. The monoisotopic (exact) mass is 372 g/mol. The van der Waals surface area contributed by atoms with Crippen LogP contribution in [0.25, 0.3) is 5.57 Å². The molecule has 0 aliphatic carbocycles. The first-order chi connectivity index (χ1) is 13.7. The second-order valence-electron chi connectivity index (χ2n) is 5.96. The van der Waals surface area contributed by atoms with E-state index in [2.05, 4.69) is 15.4 Å². The number of carbonyl (C=O) groups excluding carboxylic acids is 2. The van der Waals surface area contributed by atoms with Gasteiger partial charge in [0.05, 0.1) is 12.7 Å². The Morgan fingerprint density at radius 2 is 1.29 bits per heavy atom. The van der Waals surface area contributed by atoms with Crippen molar-refractivity contribution >= 4 is 23.3 Å². The van der Waals surface area contributed by atoms with Crippen LogP contribution in [0.5, 0.6) is 0 Å². The Morgan fingerprint density at radius 1 is 0.750 bits per heavy atom. The summed E-state index contributed by atoms with van der Waals surface area (Å²) in [5.41, 5.74) is 3.88. The highest BCUT2D eigenvalue weighted by atomic mass is 16.5. The maximum Gasteiger partial charge on any atom is 0.337 e. The third-order valence-corrected chi connectivity index (χ3v) is 4.08. The maximum absolute atomic E-state index is 12.3. The third kappa shape index (κ3) is 4.86. The molecular formula is C23H20N2O3. The fraction of sp³-hybridized carbons (Fsp3) is 0.0435. The topological polar surface area (TPSA) is 67.4 Å². The zero-order valence-electron chi connectivity index (χ0n) is 15.4. The first-order valence-electron chi connectivity index (χ1n) is 8.74. The van der Waals surface area contributed by atoms with Gasteiger partial charge in [-0.25, -0.2) is 9.59 Å². The smallest absolute Gasteiger partial charge is 0.337 e. The molecule has 3 aromatic rings. The fourth-order valence-corrected chi connectivity index (χ4v) is 2.68. The maximum atomic E-state index is 12.3. The molecule has 3 rings (SSSR count). The van der Waals surface area contributed by atoms with Gasteiger partial charge >= 0.3 is 12.0 Å².